The molecule has 174 valence electrons. The van der Waals surface area contributed by atoms with Gasteiger partial charge in [0.25, 0.3) is 0 Å². The summed E-state index contributed by atoms with van der Waals surface area (Å²) in [7, 11) is -1.69. The third-order valence-corrected chi connectivity index (χ3v) is 7.90. The van der Waals surface area contributed by atoms with E-state index in [0.29, 0.717) is 19.5 Å². The van der Waals surface area contributed by atoms with Gasteiger partial charge in [-0.05, 0) is 55.7 Å². The van der Waals surface area contributed by atoms with Crippen molar-refractivity contribution in [2.45, 2.75) is 38.5 Å². The number of amides is 1. The van der Waals surface area contributed by atoms with Crippen molar-refractivity contribution in [2.75, 3.05) is 32.5 Å². The van der Waals surface area contributed by atoms with Gasteiger partial charge in [0, 0.05) is 19.6 Å². The number of aryl methyl sites for hydroxylation is 2. The summed E-state index contributed by atoms with van der Waals surface area (Å²) >= 11 is 0. The number of methoxy groups -OCH3 is 1. The van der Waals surface area contributed by atoms with Crippen LogP contribution in [0.15, 0.2) is 54.6 Å². The second-order valence-electron chi connectivity index (χ2n) is 8.31. The summed E-state index contributed by atoms with van der Waals surface area (Å²) in [6.07, 6.45) is 4.40. The number of nitrogens with zero attached hydrogens (tertiary/aromatic N) is 1. The fourth-order valence-electron chi connectivity index (χ4n) is 4.19. The number of hydrogen-bond acceptors (Lipinski definition) is 4. The highest BCUT2D eigenvalue weighted by Gasteiger charge is 2.31. The van der Waals surface area contributed by atoms with Gasteiger partial charge in [-0.15, -0.1) is 0 Å². The van der Waals surface area contributed by atoms with Crippen molar-refractivity contribution < 1.29 is 17.9 Å². The Morgan fingerprint density at radius 3 is 2.59 bits per heavy atom. The summed E-state index contributed by atoms with van der Waals surface area (Å²) in [4.78, 5) is 12.6. The molecule has 32 heavy (non-hydrogen) atoms. The first kappa shape index (κ1) is 24.3. The number of nitrogens with one attached hydrogen (secondary N) is 1. The molecule has 2 aromatic carbocycles. The van der Waals surface area contributed by atoms with E-state index in [0.717, 1.165) is 49.0 Å². The third kappa shape index (κ3) is 7.07. The summed E-state index contributed by atoms with van der Waals surface area (Å²) in [5, 5.41) is 3.00. The van der Waals surface area contributed by atoms with Crippen LogP contribution in [0.3, 0.4) is 0 Å². The quantitative estimate of drug-likeness (QED) is 0.524. The molecule has 1 aliphatic heterocycles. The van der Waals surface area contributed by atoms with Crippen molar-refractivity contribution in [1.29, 1.82) is 0 Å². The van der Waals surface area contributed by atoms with Crippen LogP contribution in [0.1, 0.15) is 36.8 Å². The molecule has 1 aliphatic rings. The molecule has 1 saturated heterocycles. The standard InChI is InChI=1S/C25H34N2O4S/c1-31-24-16-6-5-13-22(24)14-7-17-26-25(28)23-15-8-18-27(20-23)32(29,30)19-9-12-21-10-3-2-4-11-21/h2-6,10-11,13,16,23H,7-9,12,14-15,17-20H2,1H3,(H,26,28)/t23-/m0/s1. The summed E-state index contributed by atoms with van der Waals surface area (Å²) in [5.41, 5.74) is 2.27. The minimum absolute atomic E-state index is 0.0470. The first-order valence-electron chi connectivity index (χ1n) is 11.4. The predicted octanol–water partition coefficient (Wildman–Crippen LogP) is 3.42. The Bertz CT molecular complexity index is 963. The van der Waals surface area contributed by atoms with Crippen LogP contribution in [0.4, 0.5) is 0 Å². The molecule has 1 amide bonds. The molecular formula is C25H34N2O4S. The summed E-state index contributed by atoms with van der Waals surface area (Å²) in [6.45, 7) is 1.36. The van der Waals surface area contributed by atoms with Crippen molar-refractivity contribution in [2.24, 2.45) is 5.92 Å². The fraction of sp³-hybridized carbons (Fsp3) is 0.480. The first-order valence-corrected chi connectivity index (χ1v) is 13.0. The van der Waals surface area contributed by atoms with Crippen molar-refractivity contribution in [3.05, 3.63) is 65.7 Å². The van der Waals surface area contributed by atoms with E-state index in [1.165, 1.54) is 4.31 Å². The number of benzene rings is 2. The lowest BCUT2D eigenvalue weighted by atomic mass is 9.99. The maximum atomic E-state index is 12.8. The average Bonchev–Trinajstić information content (AvgIpc) is 2.82. The van der Waals surface area contributed by atoms with E-state index in [4.69, 9.17) is 4.74 Å². The largest absolute Gasteiger partial charge is 0.496 e. The number of carbonyl (C=O) groups is 1. The number of carbonyl (C=O) groups excluding carboxylic acids is 1. The van der Waals surface area contributed by atoms with Crippen LogP contribution in [0.2, 0.25) is 0 Å². The van der Waals surface area contributed by atoms with E-state index >= 15 is 0 Å². The zero-order valence-corrected chi connectivity index (χ0v) is 19.6. The second kappa shape index (κ2) is 12.0. The highest BCUT2D eigenvalue weighted by atomic mass is 32.2. The van der Waals surface area contributed by atoms with E-state index in [1.54, 1.807) is 7.11 Å². The van der Waals surface area contributed by atoms with E-state index in [2.05, 4.69) is 5.32 Å². The molecule has 7 heteroatoms. The third-order valence-electron chi connectivity index (χ3n) is 5.97. The Morgan fingerprint density at radius 1 is 1.06 bits per heavy atom. The molecule has 1 N–H and O–H groups in total. The Kier molecular flexibility index (Phi) is 9.11. The zero-order chi connectivity index (χ0) is 22.8. The molecular weight excluding hydrogens is 424 g/mol. The van der Waals surface area contributed by atoms with Crippen molar-refractivity contribution >= 4 is 15.9 Å². The number of rotatable bonds is 11. The molecule has 0 saturated carbocycles. The van der Waals surface area contributed by atoms with E-state index < -0.39 is 10.0 Å². The predicted molar refractivity (Wildman–Crippen MR) is 127 cm³/mol. The van der Waals surface area contributed by atoms with Crippen molar-refractivity contribution in [3.63, 3.8) is 0 Å². The van der Waals surface area contributed by atoms with Crippen LogP contribution >= 0.6 is 0 Å². The number of piperidine rings is 1. The number of para-hydroxylation sites is 1. The van der Waals surface area contributed by atoms with E-state index in [-0.39, 0.29) is 24.1 Å². The molecule has 1 fully saturated rings. The molecule has 0 unspecified atom stereocenters. The summed E-state index contributed by atoms with van der Waals surface area (Å²) in [5.74, 6) is 0.655. The lowest BCUT2D eigenvalue weighted by molar-refractivity contribution is -0.126. The van der Waals surface area contributed by atoms with Crippen LogP contribution in [-0.4, -0.2) is 51.1 Å². The van der Waals surface area contributed by atoms with Gasteiger partial charge in [-0.2, -0.15) is 0 Å². The molecule has 0 bridgehead atoms. The highest BCUT2D eigenvalue weighted by Crippen LogP contribution is 2.21. The van der Waals surface area contributed by atoms with E-state index in [9.17, 15) is 13.2 Å². The van der Waals surface area contributed by atoms with Gasteiger partial charge in [0.05, 0.1) is 18.8 Å². The maximum Gasteiger partial charge on any atom is 0.224 e. The molecule has 0 aliphatic carbocycles. The summed E-state index contributed by atoms with van der Waals surface area (Å²) < 4.78 is 32.5. The second-order valence-corrected chi connectivity index (χ2v) is 10.4. The first-order chi connectivity index (χ1) is 15.5. The molecule has 0 radical (unpaired) electrons. The molecule has 0 aromatic heterocycles. The lowest BCUT2D eigenvalue weighted by Crippen LogP contribution is -2.46. The Morgan fingerprint density at radius 2 is 1.81 bits per heavy atom. The van der Waals surface area contributed by atoms with Gasteiger partial charge in [-0.25, -0.2) is 12.7 Å². The van der Waals surface area contributed by atoms with Crippen LogP contribution in [0.25, 0.3) is 0 Å². The van der Waals surface area contributed by atoms with Gasteiger partial charge >= 0.3 is 0 Å². The minimum atomic E-state index is -3.35. The molecule has 1 atom stereocenters. The monoisotopic (exact) mass is 458 g/mol. The molecule has 0 spiro atoms. The van der Waals surface area contributed by atoms with Crippen LogP contribution in [0.5, 0.6) is 5.75 Å². The van der Waals surface area contributed by atoms with Gasteiger partial charge in [-0.3, -0.25) is 4.79 Å². The van der Waals surface area contributed by atoms with Crippen LogP contribution < -0.4 is 10.1 Å². The molecule has 1 heterocycles. The van der Waals surface area contributed by atoms with Gasteiger partial charge in [0.1, 0.15) is 5.75 Å². The number of ether oxygens (including phenoxy) is 1. The smallest absolute Gasteiger partial charge is 0.224 e. The fourth-order valence-corrected chi connectivity index (χ4v) is 5.77. The zero-order valence-electron chi connectivity index (χ0n) is 18.8. The summed E-state index contributed by atoms with van der Waals surface area (Å²) in [6, 6.07) is 17.8. The minimum Gasteiger partial charge on any atom is -0.496 e. The highest BCUT2D eigenvalue weighted by molar-refractivity contribution is 7.89. The van der Waals surface area contributed by atoms with Crippen LogP contribution in [-0.2, 0) is 27.7 Å². The SMILES string of the molecule is COc1ccccc1CCCNC(=O)[C@H]1CCCN(S(=O)(=O)CCCc2ccccc2)C1. The average molecular weight is 459 g/mol. The topological polar surface area (TPSA) is 75.7 Å². The van der Waals surface area contributed by atoms with E-state index in [1.807, 2.05) is 54.6 Å². The number of hydrogen-bond donors (Lipinski definition) is 1. The molecule has 2 aromatic rings. The maximum absolute atomic E-state index is 12.8. The Hall–Kier alpha value is -2.38. The van der Waals surface area contributed by atoms with Crippen molar-refractivity contribution in [3.8, 4) is 5.75 Å². The Balaban J connectivity index is 1.42. The van der Waals surface area contributed by atoms with Gasteiger partial charge in [0.15, 0.2) is 0 Å². The van der Waals surface area contributed by atoms with Gasteiger partial charge < -0.3 is 10.1 Å². The molecule has 3 rings (SSSR count). The van der Waals surface area contributed by atoms with Gasteiger partial charge in [0.2, 0.25) is 15.9 Å². The molecule has 6 nitrogen and oxygen atoms in total. The lowest BCUT2D eigenvalue weighted by Gasteiger charge is -2.31. The van der Waals surface area contributed by atoms with Crippen LogP contribution in [0, 0.1) is 5.92 Å². The van der Waals surface area contributed by atoms with Gasteiger partial charge in [-0.1, -0.05) is 48.5 Å². The Labute approximate surface area is 192 Å². The number of sulfonamides is 1. The van der Waals surface area contributed by atoms with Crippen molar-refractivity contribution in [1.82, 2.24) is 9.62 Å². The normalized spacial score (nSPS) is 17.1.